The zero-order valence-corrected chi connectivity index (χ0v) is 18.3. The van der Waals surface area contributed by atoms with Crippen LogP contribution in [0.15, 0.2) is 84.9 Å². The summed E-state index contributed by atoms with van der Waals surface area (Å²) in [5.74, 6) is 0.205. The van der Waals surface area contributed by atoms with Crippen molar-refractivity contribution in [1.82, 2.24) is 4.90 Å². The third kappa shape index (κ3) is 4.77. The van der Waals surface area contributed by atoms with Gasteiger partial charge in [-0.2, -0.15) is 0 Å². The van der Waals surface area contributed by atoms with Crippen molar-refractivity contribution in [2.24, 2.45) is 0 Å². The van der Waals surface area contributed by atoms with Gasteiger partial charge in [0.15, 0.2) is 0 Å². The fraction of sp³-hybridized carbons (Fsp3) is 0.250. The van der Waals surface area contributed by atoms with Crippen molar-refractivity contribution in [1.29, 1.82) is 0 Å². The molecule has 1 saturated heterocycles. The van der Waals surface area contributed by atoms with Gasteiger partial charge in [-0.1, -0.05) is 66.7 Å². The Balaban J connectivity index is 1.25. The molecule has 0 N–H and O–H groups in total. The molecule has 1 fully saturated rings. The first kappa shape index (κ1) is 21.3. The van der Waals surface area contributed by atoms with E-state index >= 15 is 0 Å². The van der Waals surface area contributed by atoms with E-state index in [-0.39, 0.29) is 30.6 Å². The highest BCUT2D eigenvalue weighted by molar-refractivity contribution is 5.75. The lowest BCUT2D eigenvalue weighted by molar-refractivity contribution is 0.0832. The van der Waals surface area contributed by atoms with E-state index in [1.54, 1.807) is 6.07 Å². The standard InChI is InChI=1S/C28H26FNO3/c29-27-17-25(32-18-20-7-3-1-4-8-20)13-14-26(27)22-15-23-11-12-24(16-22)30(23)28(31)33-19-21-9-5-2-6-10-21/h1-10,13-15,17,23-24H,11-12,16,18-19H2. The summed E-state index contributed by atoms with van der Waals surface area (Å²) in [4.78, 5) is 14.6. The van der Waals surface area contributed by atoms with Crippen LogP contribution >= 0.6 is 0 Å². The van der Waals surface area contributed by atoms with Crippen molar-refractivity contribution in [2.45, 2.75) is 44.6 Å². The van der Waals surface area contributed by atoms with Crippen LogP contribution in [-0.4, -0.2) is 23.1 Å². The molecule has 5 heteroatoms. The van der Waals surface area contributed by atoms with Crippen molar-refractivity contribution in [3.8, 4) is 5.75 Å². The highest BCUT2D eigenvalue weighted by Gasteiger charge is 2.41. The smallest absolute Gasteiger partial charge is 0.410 e. The summed E-state index contributed by atoms with van der Waals surface area (Å²) in [5.41, 5.74) is 3.52. The molecule has 2 aliphatic rings. The quantitative estimate of drug-likeness (QED) is 0.445. The van der Waals surface area contributed by atoms with Gasteiger partial charge in [-0.05, 0) is 48.1 Å². The maximum absolute atomic E-state index is 15.0. The number of halogens is 1. The molecule has 0 radical (unpaired) electrons. The topological polar surface area (TPSA) is 38.8 Å². The van der Waals surface area contributed by atoms with E-state index in [0.717, 1.165) is 29.5 Å². The Morgan fingerprint density at radius 2 is 1.61 bits per heavy atom. The van der Waals surface area contributed by atoms with E-state index in [2.05, 4.69) is 0 Å². The minimum atomic E-state index is -0.300. The number of carbonyl (C=O) groups excluding carboxylic acids is 1. The Labute approximate surface area is 193 Å². The van der Waals surface area contributed by atoms with Gasteiger partial charge in [0.2, 0.25) is 0 Å². The van der Waals surface area contributed by atoms with Crippen LogP contribution in [0.3, 0.4) is 0 Å². The molecule has 2 heterocycles. The SMILES string of the molecule is O=C(OCc1ccccc1)N1C2C=C(c3ccc(OCc4ccccc4)cc3F)CC1CC2. The van der Waals surface area contributed by atoms with E-state index in [0.29, 0.717) is 24.3 Å². The summed E-state index contributed by atoms with van der Waals surface area (Å²) >= 11 is 0. The molecular formula is C28H26FNO3. The number of benzene rings is 3. The lowest BCUT2D eigenvalue weighted by Gasteiger charge is -2.33. The van der Waals surface area contributed by atoms with E-state index in [1.807, 2.05) is 77.7 Å². The van der Waals surface area contributed by atoms with Crippen molar-refractivity contribution >= 4 is 11.7 Å². The molecular weight excluding hydrogens is 417 g/mol. The van der Waals surface area contributed by atoms with E-state index in [1.165, 1.54) is 6.07 Å². The van der Waals surface area contributed by atoms with Crippen LogP contribution in [0, 0.1) is 5.82 Å². The van der Waals surface area contributed by atoms with Crippen molar-refractivity contribution < 1.29 is 18.7 Å². The van der Waals surface area contributed by atoms with Crippen LogP contribution in [0.1, 0.15) is 36.0 Å². The number of rotatable bonds is 6. The molecule has 5 rings (SSSR count). The van der Waals surface area contributed by atoms with Gasteiger partial charge in [-0.25, -0.2) is 9.18 Å². The van der Waals surface area contributed by atoms with E-state index in [9.17, 15) is 9.18 Å². The van der Waals surface area contributed by atoms with Crippen LogP contribution in [0.2, 0.25) is 0 Å². The number of carbonyl (C=O) groups is 1. The number of fused-ring (bicyclic) bond motifs is 2. The average Bonchev–Trinajstić information content (AvgIpc) is 3.12. The van der Waals surface area contributed by atoms with Gasteiger partial charge in [-0.3, -0.25) is 4.90 Å². The second kappa shape index (κ2) is 9.49. The molecule has 0 spiro atoms. The molecule has 3 aromatic carbocycles. The van der Waals surface area contributed by atoms with Gasteiger partial charge in [0, 0.05) is 17.7 Å². The van der Waals surface area contributed by atoms with E-state index < -0.39 is 0 Å². The maximum Gasteiger partial charge on any atom is 0.410 e. The highest BCUT2D eigenvalue weighted by atomic mass is 19.1. The van der Waals surface area contributed by atoms with Crippen LogP contribution in [0.5, 0.6) is 5.75 Å². The molecule has 0 aliphatic carbocycles. The first-order valence-electron chi connectivity index (χ1n) is 11.3. The zero-order chi connectivity index (χ0) is 22.6. The lowest BCUT2D eigenvalue weighted by atomic mass is 9.94. The second-order valence-electron chi connectivity index (χ2n) is 8.56. The molecule has 2 unspecified atom stereocenters. The summed E-state index contributed by atoms with van der Waals surface area (Å²) in [5, 5.41) is 0. The zero-order valence-electron chi connectivity index (χ0n) is 18.3. The maximum atomic E-state index is 15.0. The predicted octanol–water partition coefficient (Wildman–Crippen LogP) is 6.36. The summed E-state index contributed by atoms with van der Waals surface area (Å²) in [6.45, 7) is 0.651. The Morgan fingerprint density at radius 3 is 2.27 bits per heavy atom. The monoisotopic (exact) mass is 443 g/mol. The first-order valence-corrected chi connectivity index (χ1v) is 11.3. The van der Waals surface area contributed by atoms with Crippen LogP contribution in [0.25, 0.3) is 5.57 Å². The van der Waals surface area contributed by atoms with Crippen molar-refractivity contribution in [3.63, 3.8) is 0 Å². The number of hydrogen-bond acceptors (Lipinski definition) is 3. The third-order valence-electron chi connectivity index (χ3n) is 6.35. The highest BCUT2D eigenvalue weighted by Crippen LogP contribution is 2.40. The van der Waals surface area contributed by atoms with Crippen LogP contribution < -0.4 is 4.74 Å². The average molecular weight is 444 g/mol. The summed E-state index contributed by atoms with van der Waals surface area (Å²) in [7, 11) is 0. The van der Waals surface area contributed by atoms with Crippen LogP contribution in [-0.2, 0) is 18.0 Å². The lowest BCUT2D eigenvalue weighted by Crippen LogP contribution is -2.43. The van der Waals surface area contributed by atoms with Gasteiger partial charge >= 0.3 is 6.09 Å². The van der Waals surface area contributed by atoms with Gasteiger partial charge in [0.25, 0.3) is 0 Å². The molecule has 4 nitrogen and oxygen atoms in total. The Morgan fingerprint density at radius 1 is 0.909 bits per heavy atom. The van der Waals surface area contributed by atoms with Crippen molar-refractivity contribution in [2.75, 3.05) is 0 Å². The number of ether oxygens (including phenoxy) is 2. The molecule has 1 amide bonds. The first-order chi connectivity index (χ1) is 16.2. The summed E-state index contributed by atoms with van der Waals surface area (Å²) in [6, 6.07) is 24.5. The minimum absolute atomic E-state index is 0.0340. The fourth-order valence-corrected chi connectivity index (χ4v) is 4.70. The predicted molar refractivity (Wildman–Crippen MR) is 125 cm³/mol. The largest absolute Gasteiger partial charge is 0.489 e. The minimum Gasteiger partial charge on any atom is -0.489 e. The molecule has 33 heavy (non-hydrogen) atoms. The summed E-state index contributed by atoms with van der Waals surface area (Å²) < 4.78 is 26.3. The third-order valence-corrected chi connectivity index (χ3v) is 6.35. The number of nitrogens with zero attached hydrogens (tertiary/aromatic N) is 1. The Hall–Kier alpha value is -3.60. The van der Waals surface area contributed by atoms with Gasteiger partial charge < -0.3 is 9.47 Å². The van der Waals surface area contributed by atoms with Crippen molar-refractivity contribution in [3.05, 3.63) is 107 Å². The Bertz CT molecular complexity index is 1150. The fourth-order valence-electron chi connectivity index (χ4n) is 4.70. The number of hydrogen-bond donors (Lipinski definition) is 0. The van der Waals surface area contributed by atoms with Gasteiger partial charge in [0.05, 0.1) is 6.04 Å². The van der Waals surface area contributed by atoms with Gasteiger partial charge in [-0.15, -0.1) is 0 Å². The second-order valence-corrected chi connectivity index (χ2v) is 8.56. The summed E-state index contributed by atoms with van der Waals surface area (Å²) in [6.07, 6.45) is 4.11. The molecule has 2 atom stereocenters. The van der Waals surface area contributed by atoms with Crippen LogP contribution in [0.4, 0.5) is 9.18 Å². The normalized spacial score (nSPS) is 19.2. The number of amides is 1. The molecule has 2 bridgehead atoms. The van der Waals surface area contributed by atoms with Gasteiger partial charge in [0.1, 0.15) is 24.8 Å². The molecule has 2 aliphatic heterocycles. The van der Waals surface area contributed by atoms with E-state index in [4.69, 9.17) is 9.47 Å². The Kier molecular flexibility index (Phi) is 6.11. The molecule has 168 valence electrons. The molecule has 3 aromatic rings. The molecule has 0 aromatic heterocycles. The molecule has 0 saturated carbocycles.